The van der Waals surface area contributed by atoms with Gasteiger partial charge in [0.05, 0.1) is 17.4 Å². The number of nitrogens with zero attached hydrogens (tertiary/aromatic N) is 4. The van der Waals surface area contributed by atoms with Gasteiger partial charge in [0.1, 0.15) is 0 Å². The van der Waals surface area contributed by atoms with Crippen molar-refractivity contribution in [2.45, 2.75) is 19.9 Å². The molecule has 0 aliphatic rings. The van der Waals surface area contributed by atoms with E-state index in [1.165, 1.54) is 0 Å². The standard InChI is InChI=1S/C20H18ClN5/c1-13(2)26-12-17(16-7-9-22-11-19(16)26)18-8-10-23-20(25-18)24-15-5-3-14(21)4-6-15/h3-13H,1-2H3,(H,23,24,25). The number of rotatable bonds is 4. The third-order valence-corrected chi connectivity index (χ3v) is 4.48. The van der Waals surface area contributed by atoms with Crippen LogP contribution in [0.3, 0.4) is 0 Å². The van der Waals surface area contributed by atoms with Crippen LogP contribution in [0.25, 0.3) is 22.2 Å². The predicted molar refractivity (Wildman–Crippen MR) is 106 cm³/mol. The summed E-state index contributed by atoms with van der Waals surface area (Å²) in [4.78, 5) is 13.3. The first-order valence-corrected chi connectivity index (χ1v) is 8.80. The maximum Gasteiger partial charge on any atom is 0.227 e. The average Bonchev–Trinajstić information content (AvgIpc) is 3.04. The van der Waals surface area contributed by atoms with E-state index in [1.54, 1.807) is 6.20 Å². The van der Waals surface area contributed by atoms with Crippen molar-refractivity contribution in [3.63, 3.8) is 0 Å². The number of fused-ring (bicyclic) bond motifs is 1. The Morgan fingerprint density at radius 2 is 1.85 bits per heavy atom. The van der Waals surface area contributed by atoms with E-state index in [0.29, 0.717) is 17.0 Å². The number of halogens is 1. The molecule has 1 aromatic carbocycles. The van der Waals surface area contributed by atoms with Gasteiger partial charge in [-0.2, -0.15) is 0 Å². The Balaban J connectivity index is 1.75. The molecule has 0 radical (unpaired) electrons. The van der Waals surface area contributed by atoms with Crippen LogP contribution in [-0.4, -0.2) is 19.5 Å². The van der Waals surface area contributed by atoms with E-state index < -0.39 is 0 Å². The van der Waals surface area contributed by atoms with Crippen LogP contribution in [0.5, 0.6) is 0 Å². The van der Waals surface area contributed by atoms with Gasteiger partial charge in [-0.25, -0.2) is 9.97 Å². The number of benzene rings is 1. The molecule has 1 N–H and O–H groups in total. The third-order valence-electron chi connectivity index (χ3n) is 4.22. The Morgan fingerprint density at radius 1 is 1.04 bits per heavy atom. The SMILES string of the molecule is CC(C)n1cc(-c2ccnc(Nc3ccc(Cl)cc3)n2)c2ccncc21. The smallest absolute Gasteiger partial charge is 0.227 e. The number of aromatic nitrogens is 4. The van der Waals surface area contributed by atoms with E-state index in [-0.39, 0.29) is 0 Å². The predicted octanol–water partition coefficient (Wildman–Crippen LogP) is 5.47. The van der Waals surface area contributed by atoms with Crippen LogP contribution in [0.2, 0.25) is 5.02 Å². The number of anilines is 2. The molecule has 3 aromatic heterocycles. The van der Waals surface area contributed by atoms with Gasteiger partial charge < -0.3 is 9.88 Å². The third kappa shape index (κ3) is 3.13. The van der Waals surface area contributed by atoms with Crippen LogP contribution in [0.4, 0.5) is 11.6 Å². The average molecular weight is 364 g/mol. The molecule has 5 nitrogen and oxygen atoms in total. The number of hydrogen-bond acceptors (Lipinski definition) is 4. The lowest BCUT2D eigenvalue weighted by Crippen LogP contribution is -1.98. The molecule has 0 saturated heterocycles. The summed E-state index contributed by atoms with van der Waals surface area (Å²) in [5.41, 5.74) is 3.92. The van der Waals surface area contributed by atoms with E-state index in [1.807, 2.05) is 48.8 Å². The summed E-state index contributed by atoms with van der Waals surface area (Å²) in [6.07, 6.45) is 7.60. The Labute approximate surface area is 156 Å². The Hall–Kier alpha value is -2.92. The van der Waals surface area contributed by atoms with Crippen molar-refractivity contribution in [3.8, 4) is 11.3 Å². The van der Waals surface area contributed by atoms with Gasteiger partial charge in [-0.15, -0.1) is 0 Å². The fraction of sp³-hybridized carbons (Fsp3) is 0.150. The lowest BCUT2D eigenvalue weighted by atomic mass is 10.1. The van der Waals surface area contributed by atoms with E-state index in [2.05, 4.69) is 39.9 Å². The first kappa shape index (κ1) is 16.5. The van der Waals surface area contributed by atoms with Gasteiger partial charge in [-0.3, -0.25) is 4.98 Å². The Bertz CT molecular complexity index is 1050. The zero-order valence-electron chi connectivity index (χ0n) is 14.5. The molecule has 0 aliphatic carbocycles. The van der Waals surface area contributed by atoms with Crippen molar-refractivity contribution in [2.24, 2.45) is 0 Å². The highest BCUT2D eigenvalue weighted by Gasteiger charge is 2.13. The molecule has 0 unspecified atom stereocenters. The molecule has 6 heteroatoms. The van der Waals surface area contributed by atoms with Crippen LogP contribution in [-0.2, 0) is 0 Å². The molecule has 0 atom stereocenters. The first-order valence-electron chi connectivity index (χ1n) is 8.42. The minimum Gasteiger partial charge on any atom is -0.343 e. The van der Waals surface area contributed by atoms with Crippen LogP contribution in [0.15, 0.2) is 61.2 Å². The highest BCUT2D eigenvalue weighted by atomic mass is 35.5. The molecule has 26 heavy (non-hydrogen) atoms. The minimum atomic E-state index is 0.337. The molecule has 4 rings (SSSR count). The highest BCUT2D eigenvalue weighted by molar-refractivity contribution is 6.30. The van der Waals surface area contributed by atoms with Gasteiger partial charge in [0.25, 0.3) is 0 Å². The lowest BCUT2D eigenvalue weighted by Gasteiger charge is -2.08. The molecule has 3 heterocycles. The van der Waals surface area contributed by atoms with Crippen molar-refractivity contribution in [1.82, 2.24) is 19.5 Å². The molecular weight excluding hydrogens is 346 g/mol. The number of nitrogens with one attached hydrogen (secondary N) is 1. The summed E-state index contributed by atoms with van der Waals surface area (Å²) in [6, 6.07) is 11.7. The number of hydrogen-bond donors (Lipinski definition) is 1. The van der Waals surface area contributed by atoms with Crippen LogP contribution >= 0.6 is 11.6 Å². The van der Waals surface area contributed by atoms with Crippen LogP contribution < -0.4 is 5.32 Å². The second-order valence-electron chi connectivity index (χ2n) is 6.33. The molecular formula is C20H18ClN5. The van der Waals surface area contributed by atoms with Gasteiger partial charge in [-0.05, 0) is 50.2 Å². The second kappa shape index (κ2) is 6.77. The van der Waals surface area contributed by atoms with Crippen molar-refractivity contribution < 1.29 is 0 Å². The van der Waals surface area contributed by atoms with Crippen molar-refractivity contribution >= 4 is 34.1 Å². The second-order valence-corrected chi connectivity index (χ2v) is 6.77. The summed E-state index contributed by atoms with van der Waals surface area (Å²) < 4.78 is 2.21. The van der Waals surface area contributed by atoms with Crippen molar-refractivity contribution in [3.05, 3.63) is 66.2 Å². The molecule has 0 spiro atoms. The van der Waals surface area contributed by atoms with Crippen LogP contribution in [0.1, 0.15) is 19.9 Å². The molecule has 0 fully saturated rings. The van der Waals surface area contributed by atoms with Crippen LogP contribution in [0, 0.1) is 0 Å². The molecule has 0 saturated carbocycles. The summed E-state index contributed by atoms with van der Waals surface area (Å²) in [5, 5.41) is 5.04. The summed E-state index contributed by atoms with van der Waals surface area (Å²) in [7, 11) is 0. The first-order chi connectivity index (χ1) is 12.6. The van der Waals surface area contributed by atoms with Crippen molar-refractivity contribution in [2.75, 3.05) is 5.32 Å². The molecule has 130 valence electrons. The zero-order chi connectivity index (χ0) is 18.1. The van der Waals surface area contributed by atoms with Crippen molar-refractivity contribution in [1.29, 1.82) is 0 Å². The molecule has 0 aliphatic heterocycles. The maximum absolute atomic E-state index is 5.94. The van der Waals surface area contributed by atoms with Gasteiger partial charge in [0.2, 0.25) is 5.95 Å². The minimum absolute atomic E-state index is 0.337. The monoisotopic (exact) mass is 363 g/mol. The van der Waals surface area contributed by atoms with E-state index in [4.69, 9.17) is 16.6 Å². The van der Waals surface area contributed by atoms with Gasteiger partial charge >= 0.3 is 0 Å². The lowest BCUT2D eigenvalue weighted by molar-refractivity contribution is 0.622. The van der Waals surface area contributed by atoms with Gasteiger partial charge in [-0.1, -0.05) is 11.6 Å². The maximum atomic E-state index is 5.94. The number of pyridine rings is 1. The summed E-state index contributed by atoms with van der Waals surface area (Å²) in [6.45, 7) is 4.31. The Morgan fingerprint density at radius 3 is 2.62 bits per heavy atom. The normalized spacial score (nSPS) is 11.2. The van der Waals surface area contributed by atoms with E-state index in [0.717, 1.165) is 27.8 Å². The molecule has 0 bridgehead atoms. The molecule has 0 amide bonds. The topological polar surface area (TPSA) is 55.6 Å². The zero-order valence-corrected chi connectivity index (χ0v) is 15.3. The summed E-state index contributed by atoms with van der Waals surface area (Å²) >= 11 is 5.94. The van der Waals surface area contributed by atoms with E-state index >= 15 is 0 Å². The fourth-order valence-corrected chi connectivity index (χ4v) is 3.09. The van der Waals surface area contributed by atoms with E-state index in [9.17, 15) is 0 Å². The largest absolute Gasteiger partial charge is 0.343 e. The highest BCUT2D eigenvalue weighted by Crippen LogP contribution is 2.31. The molecule has 4 aromatic rings. The summed E-state index contributed by atoms with van der Waals surface area (Å²) in [5.74, 6) is 0.546. The van der Waals surface area contributed by atoms with Gasteiger partial charge in [0, 0.05) is 46.3 Å². The van der Waals surface area contributed by atoms with Gasteiger partial charge in [0.15, 0.2) is 0 Å². The quantitative estimate of drug-likeness (QED) is 0.522. The Kier molecular flexibility index (Phi) is 4.31. The fourth-order valence-electron chi connectivity index (χ4n) is 2.96.